The summed E-state index contributed by atoms with van der Waals surface area (Å²) in [6, 6.07) is 4.26. The number of nitrogens with two attached hydrogens (primary N) is 1. The van der Waals surface area contributed by atoms with Gasteiger partial charge in [0.2, 0.25) is 0 Å². The van der Waals surface area contributed by atoms with E-state index in [1.165, 1.54) is 0 Å². The zero-order chi connectivity index (χ0) is 15.3. The molecule has 0 bridgehead atoms. The zero-order valence-corrected chi connectivity index (χ0v) is 12.9. The van der Waals surface area contributed by atoms with Crippen LogP contribution >= 0.6 is 0 Å². The largest absolute Gasteiger partial charge is 0.473 e. The van der Waals surface area contributed by atoms with E-state index in [1.807, 2.05) is 19.9 Å². The van der Waals surface area contributed by atoms with Crippen LogP contribution in [0.1, 0.15) is 24.1 Å². The first-order valence-electron chi connectivity index (χ1n) is 7.68. The van der Waals surface area contributed by atoms with E-state index in [0.717, 1.165) is 34.5 Å². The number of fused-ring (bicyclic) bond motifs is 4. The van der Waals surface area contributed by atoms with Crippen LogP contribution in [0, 0.1) is 6.92 Å². The number of hydrogen-bond acceptors (Lipinski definition) is 6. The monoisotopic (exact) mass is 300 g/mol. The van der Waals surface area contributed by atoms with E-state index in [2.05, 4.69) is 16.0 Å². The molecule has 3 heterocycles. The summed E-state index contributed by atoms with van der Waals surface area (Å²) in [6.07, 6.45) is 0. The van der Waals surface area contributed by atoms with E-state index < -0.39 is 0 Å². The van der Waals surface area contributed by atoms with Crippen LogP contribution in [0.15, 0.2) is 12.1 Å². The summed E-state index contributed by atoms with van der Waals surface area (Å²) < 4.78 is 11.3. The average molecular weight is 300 g/mol. The minimum absolute atomic E-state index is 0.0836. The molecular weight excluding hydrogens is 280 g/mol. The fraction of sp³-hybridized carbons (Fsp3) is 0.500. The third-order valence-corrected chi connectivity index (χ3v) is 4.30. The second kappa shape index (κ2) is 5.07. The van der Waals surface area contributed by atoms with Crippen molar-refractivity contribution in [2.75, 3.05) is 31.3 Å². The lowest BCUT2D eigenvalue weighted by Gasteiger charge is -2.39. The number of aryl methyl sites for hydroxylation is 1. The van der Waals surface area contributed by atoms with Gasteiger partial charge in [-0.3, -0.25) is 0 Å². The van der Waals surface area contributed by atoms with Crippen LogP contribution < -0.4 is 15.4 Å². The third-order valence-electron chi connectivity index (χ3n) is 4.30. The lowest BCUT2D eigenvalue weighted by Crippen LogP contribution is -2.51. The molecule has 22 heavy (non-hydrogen) atoms. The first kappa shape index (κ1) is 13.7. The Hall–Kier alpha value is -1.92. The van der Waals surface area contributed by atoms with Gasteiger partial charge in [-0.1, -0.05) is 6.07 Å². The molecule has 1 aromatic carbocycles. The molecule has 1 fully saturated rings. The van der Waals surface area contributed by atoms with Gasteiger partial charge in [-0.05, 0) is 31.0 Å². The predicted molar refractivity (Wildman–Crippen MR) is 84.3 cm³/mol. The number of benzene rings is 1. The van der Waals surface area contributed by atoms with Crippen molar-refractivity contribution in [3.05, 3.63) is 23.3 Å². The first-order valence-corrected chi connectivity index (χ1v) is 7.68. The van der Waals surface area contributed by atoms with E-state index in [4.69, 9.17) is 20.2 Å². The highest BCUT2D eigenvalue weighted by Crippen LogP contribution is 2.35. The van der Waals surface area contributed by atoms with Crippen molar-refractivity contribution in [1.29, 1.82) is 0 Å². The Morgan fingerprint density at radius 1 is 1.32 bits per heavy atom. The van der Waals surface area contributed by atoms with Gasteiger partial charge in [0.15, 0.2) is 5.82 Å². The maximum atomic E-state index is 6.12. The molecule has 2 aliphatic heterocycles. The lowest BCUT2D eigenvalue weighted by molar-refractivity contribution is 0.0686. The van der Waals surface area contributed by atoms with Crippen LogP contribution in [0.25, 0.3) is 11.0 Å². The summed E-state index contributed by atoms with van der Waals surface area (Å²) in [5.41, 5.74) is 10.0. The quantitative estimate of drug-likeness (QED) is 0.861. The SMILES string of the molecule is Cc1cc([C@@H](C)N)c2nc3c(nc2c1)OC[C@@H]1COCCN31. The molecule has 0 amide bonds. The van der Waals surface area contributed by atoms with Crippen LogP contribution in [0.4, 0.5) is 5.82 Å². The minimum Gasteiger partial charge on any atom is -0.473 e. The molecule has 116 valence electrons. The Morgan fingerprint density at radius 3 is 3.00 bits per heavy atom. The van der Waals surface area contributed by atoms with Crippen molar-refractivity contribution < 1.29 is 9.47 Å². The summed E-state index contributed by atoms with van der Waals surface area (Å²) in [4.78, 5) is 11.8. The zero-order valence-electron chi connectivity index (χ0n) is 12.9. The third kappa shape index (κ3) is 2.10. The molecule has 1 aromatic heterocycles. The molecule has 0 spiro atoms. The topological polar surface area (TPSA) is 73.5 Å². The molecule has 0 aliphatic carbocycles. The number of ether oxygens (including phenoxy) is 2. The van der Waals surface area contributed by atoms with Gasteiger partial charge in [0.1, 0.15) is 6.61 Å². The van der Waals surface area contributed by atoms with E-state index in [-0.39, 0.29) is 12.1 Å². The van der Waals surface area contributed by atoms with Crippen molar-refractivity contribution in [3.63, 3.8) is 0 Å². The molecule has 0 unspecified atom stereocenters. The van der Waals surface area contributed by atoms with Gasteiger partial charge in [0, 0.05) is 12.6 Å². The number of anilines is 1. The Balaban J connectivity index is 1.92. The van der Waals surface area contributed by atoms with Crippen molar-refractivity contribution in [2.45, 2.75) is 25.9 Å². The second-order valence-corrected chi connectivity index (χ2v) is 6.10. The Kier molecular flexibility index (Phi) is 3.16. The van der Waals surface area contributed by atoms with E-state index in [9.17, 15) is 0 Å². The number of hydrogen-bond donors (Lipinski definition) is 1. The standard InChI is InChI=1S/C16H20N4O2/c1-9-5-12(10(2)17)14-13(6-9)18-16-15(19-14)20-3-4-21-7-11(20)8-22-16/h5-6,10-11H,3-4,7-8,17H2,1-2H3/t10-,11+/m1/s1. The molecule has 0 saturated carbocycles. The number of aromatic nitrogens is 2. The Bertz CT molecular complexity index is 732. The minimum atomic E-state index is -0.0836. The predicted octanol–water partition coefficient (Wildman–Crippen LogP) is 1.56. The summed E-state index contributed by atoms with van der Waals surface area (Å²) in [7, 11) is 0. The number of rotatable bonds is 1. The molecule has 4 rings (SSSR count). The number of morpholine rings is 1. The maximum Gasteiger partial charge on any atom is 0.258 e. The summed E-state index contributed by atoms with van der Waals surface area (Å²) >= 11 is 0. The smallest absolute Gasteiger partial charge is 0.258 e. The van der Waals surface area contributed by atoms with Crippen molar-refractivity contribution >= 4 is 16.9 Å². The van der Waals surface area contributed by atoms with E-state index in [1.54, 1.807) is 0 Å². The van der Waals surface area contributed by atoms with Crippen LogP contribution in [-0.2, 0) is 4.74 Å². The van der Waals surface area contributed by atoms with E-state index >= 15 is 0 Å². The van der Waals surface area contributed by atoms with Crippen molar-refractivity contribution in [1.82, 2.24) is 9.97 Å². The molecule has 6 heteroatoms. The van der Waals surface area contributed by atoms with E-state index in [0.29, 0.717) is 25.7 Å². The Morgan fingerprint density at radius 2 is 2.18 bits per heavy atom. The molecule has 2 aliphatic rings. The van der Waals surface area contributed by atoms with Crippen LogP contribution in [-0.4, -0.2) is 42.4 Å². The summed E-state index contributed by atoms with van der Waals surface area (Å²) in [5.74, 6) is 1.43. The van der Waals surface area contributed by atoms with Gasteiger partial charge in [0.05, 0.1) is 30.3 Å². The fourth-order valence-electron chi connectivity index (χ4n) is 3.19. The highest BCUT2D eigenvalue weighted by molar-refractivity contribution is 5.82. The molecule has 2 N–H and O–H groups in total. The lowest BCUT2D eigenvalue weighted by atomic mass is 10.0. The van der Waals surface area contributed by atoms with Gasteiger partial charge < -0.3 is 20.1 Å². The van der Waals surface area contributed by atoms with Gasteiger partial charge >= 0.3 is 0 Å². The molecule has 1 saturated heterocycles. The highest BCUT2D eigenvalue weighted by atomic mass is 16.5. The molecule has 6 nitrogen and oxygen atoms in total. The van der Waals surface area contributed by atoms with Gasteiger partial charge in [-0.2, -0.15) is 0 Å². The van der Waals surface area contributed by atoms with Crippen LogP contribution in [0.2, 0.25) is 0 Å². The normalized spacial score (nSPS) is 22.0. The molecule has 0 radical (unpaired) electrons. The van der Waals surface area contributed by atoms with Crippen LogP contribution in [0.3, 0.4) is 0 Å². The number of nitrogens with zero attached hydrogens (tertiary/aromatic N) is 3. The van der Waals surface area contributed by atoms with Gasteiger partial charge in [-0.15, -0.1) is 0 Å². The average Bonchev–Trinajstić information content (AvgIpc) is 2.52. The molecule has 2 aromatic rings. The maximum absolute atomic E-state index is 6.12. The van der Waals surface area contributed by atoms with Crippen molar-refractivity contribution in [2.24, 2.45) is 5.73 Å². The van der Waals surface area contributed by atoms with Crippen molar-refractivity contribution in [3.8, 4) is 5.88 Å². The van der Waals surface area contributed by atoms with Gasteiger partial charge in [-0.25, -0.2) is 9.97 Å². The summed E-state index contributed by atoms with van der Waals surface area (Å²) in [5, 5.41) is 0. The second-order valence-electron chi connectivity index (χ2n) is 6.10. The summed E-state index contributed by atoms with van der Waals surface area (Å²) in [6.45, 7) is 6.82. The van der Waals surface area contributed by atoms with Crippen LogP contribution in [0.5, 0.6) is 5.88 Å². The first-order chi connectivity index (χ1) is 10.6. The fourth-order valence-corrected chi connectivity index (χ4v) is 3.19. The molecule has 2 atom stereocenters. The highest BCUT2D eigenvalue weighted by Gasteiger charge is 2.33. The Labute approximate surface area is 129 Å². The van der Waals surface area contributed by atoms with Gasteiger partial charge in [0.25, 0.3) is 5.88 Å². The molecular formula is C16H20N4O2.